The molecule has 10 nitrogen and oxygen atoms in total. The smallest absolute Gasteiger partial charge is 0.345 e. The minimum atomic E-state index is -1.32. The third-order valence-electron chi connectivity index (χ3n) is 3.09. The Labute approximate surface area is 119 Å². The number of aromatic nitrogens is 2. The number of methoxy groups -OCH3 is 1. The van der Waals surface area contributed by atoms with E-state index in [0.29, 0.717) is 0 Å². The molecule has 0 spiro atoms. The van der Waals surface area contributed by atoms with E-state index in [1.54, 1.807) is 0 Å². The fourth-order valence-corrected chi connectivity index (χ4v) is 1.97. The summed E-state index contributed by atoms with van der Waals surface area (Å²) in [6.45, 7) is -0.466. The standard InChI is InChI=1S/C11H16N4O6/c1-20-11(19)5-8(12)13-3-14-9(5)15-10-7(18)6(17)4(2-16)21-10/h3-4,6-7,10,16-18H,2H2,1H3,(H3,12,13,14,15)/t4?,6-,7-,10?/m1/s1. The van der Waals surface area contributed by atoms with Gasteiger partial charge in [-0.2, -0.15) is 0 Å². The number of aliphatic hydroxyl groups excluding tert-OH is 3. The minimum absolute atomic E-state index is 0.0100. The maximum Gasteiger partial charge on any atom is 0.345 e. The van der Waals surface area contributed by atoms with Crippen LogP contribution in [0.5, 0.6) is 0 Å². The Morgan fingerprint density at radius 2 is 2.19 bits per heavy atom. The molecule has 1 saturated heterocycles. The van der Waals surface area contributed by atoms with Crippen LogP contribution in [0.1, 0.15) is 10.4 Å². The number of rotatable bonds is 4. The summed E-state index contributed by atoms with van der Waals surface area (Å²) in [6.07, 6.45) is -3.49. The molecule has 0 saturated carbocycles. The average molecular weight is 300 g/mol. The number of esters is 1. The molecule has 0 radical (unpaired) electrons. The van der Waals surface area contributed by atoms with Gasteiger partial charge in [0.25, 0.3) is 0 Å². The lowest BCUT2D eigenvalue weighted by atomic mass is 10.1. The van der Waals surface area contributed by atoms with Gasteiger partial charge < -0.3 is 35.8 Å². The second kappa shape index (κ2) is 6.18. The van der Waals surface area contributed by atoms with Gasteiger partial charge in [-0.25, -0.2) is 14.8 Å². The highest BCUT2D eigenvalue weighted by Gasteiger charge is 2.43. The monoisotopic (exact) mass is 300 g/mol. The Morgan fingerprint density at radius 1 is 1.48 bits per heavy atom. The van der Waals surface area contributed by atoms with E-state index in [1.165, 1.54) is 7.11 Å². The summed E-state index contributed by atoms with van der Waals surface area (Å²) >= 11 is 0. The Bertz CT molecular complexity index is 527. The van der Waals surface area contributed by atoms with Crippen LogP contribution in [0.2, 0.25) is 0 Å². The minimum Gasteiger partial charge on any atom is -0.465 e. The van der Waals surface area contributed by atoms with Gasteiger partial charge in [0.1, 0.15) is 41.8 Å². The lowest BCUT2D eigenvalue weighted by Crippen LogP contribution is -2.37. The number of carbonyl (C=O) groups is 1. The molecule has 116 valence electrons. The number of hydrogen-bond acceptors (Lipinski definition) is 10. The molecule has 4 atom stereocenters. The first-order valence-corrected chi connectivity index (χ1v) is 6.07. The molecular weight excluding hydrogens is 284 g/mol. The summed E-state index contributed by atoms with van der Waals surface area (Å²) in [4.78, 5) is 19.2. The van der Waals surface area contributed by atoms with Crippen molar-refractivity contribution in [3.63, 3.8) is 0 Å². The van der Waals surface area contributed by atoms with E-state index in [4.69, 9.17) is 15.6 Å². The van der Waals surface area contributed by atoms with Crippen LogP contribution in [0.25, 0.3) is 0 Å². The molecule has 6 N–H and O–H groups in total. The van der Waals surface area contributed by atoms with Crippen molar-refractivity contribution in [1.82, 2.24) is 9.97 Å². The van der Waals surface area contributed by atoms with Crippen molar-refractivity contribution >= 4 is 17.6 Å². The molecule has 1 aliphatic rings. The van der Waals surface area contributed by atoms with Gasteiger partial charge in [0.05, 0.1) is 13.7 Å². The van der Waals surface area contributed by atoms with Gasteiger partial charge in [-0.15, -0.1) is 0 Å². The number of anilines is 2. The van der Waals surface area contributed by atoms with Gasteiger partial charge in [0.15, 0.2) is 6.23 Å². The molecule has 1 aliphatic heterocycles. The van der Waals surface area contributed by atoms with Crippen LogP contribution in [0.4, 0.5) is 11.6 Å². The molecular formula is C11H16N4O6. The number of hydrogen-bond donors (Lipinski definition) is 5. The summed E-state index contributed by atoms with van der Waals surface area (Å²) in [5.41, 5.74) is 5.49. The lowest BCUT2D eigenvalue weighted by molar-refractivity contribution is -0.0154. The van der Waals surface area contributed by atoms with Crippen molar-refractivity contribution in [3.05, 3.63) is 11.9 Å². The maximum absolute atomic E-state index is 11.7. The molecule has 21 heavy (non-hydrogen) atoms. The van der Waals surface area contributed by atoms with Gasteiger partial charge in [-0.1, -0.05) is 0 Å². The van der Waals surface area contributed by atoms with E-state index in [9.17, 15) is 15.0 Å². The summed E-state index contributed by atoms with van der Waals surface area (Å²) in [6, 6.07) is 0. The predicted molar refractivity (Wildman–Crippen MR) is 69.2 cm³/mol. The molecule has 0 amide bonds. The number of nitrogens with one attached hydrogen (secondary N) is 1. The number of nitrogen functional groups attached to an aromatic ring is 1. The highest BCUT2D eigenvalue weighted by molar-refractivity contribution is 5.99. The zero-order valence-corrected chi connectivity index (χ0v) is 11.1. The third kappa shape index (κ3) is 2.88. The molecule has 0 aromatic carbocycles. The molecule has 1 aromatic heterocycles. The molecule has 10 heteroatoms. The third-order valence-corrected chi connectivity index (χ3v) is 3.09. The largest absolute Gasteiger partial charge is 0.465 e. The van der Waals surface area contributed by atoms with E-state index >= 15 is 0 Å². The number of nitrogens with two attached hydrogens (primary N) is 1. The quantitative estimate of drug-likeness (QED) is 0.382. The Balaban J connectivity index is 2.24. The van der Waals surface area contributed by atoms with Crippen molar-refractivity contribution < 1.29 is 29.6 Å². The van der Waals surface area contributed by atoms with Crippen LogP contribution in [-0.2, 0) is 9.47 Å². The van der Waals surface area contributed by atoms with E-state index < -0.39 is 37.1 Å². The average Bonchev–Trinajstić information content (AvgIpc) is 2.74. The van der Waals surface area contributed by atoms with Crippen LogP contribution >= 0.6 is 0 Å². The van der Waals surface area contributed by atoms with Crippen LogP contribution in [0.15, 0.2) is 6.33 Å². The van der Waals surface area contributed by atoms with Crippen molar-refractivity contribution in [3.8, 4) is 0 Å². The Morgan fingerprint density at radius 3 is 2.76 bits per heavy atom. The van der Waals surface area contributed by atoms with Crippen molar-refractivity contribution in [2.75, 3.05) is 24.8 Å². The number of carbonyl (C=O) groups excluding carboxylic acids is 1. The highest BCUT2D eigenvalue weighted by atomic mass is 16.6. The van der Waals surface area contributed by atoms with Gasteiger partial charge in [0.2, 0.25) is 0 Å². The second-order valence-corrected chi connectivity index (χ2v) is 4.38. The Kier molecular flexibility index (Phi) is 4.53. The first-order valence-electron chi connectivity index (χ1n) is 6.07. The van der Waals surface area contributed by atoms with Crippen LogP contribution in [-0.4, -0.2) is 69.5 Å². The maximum atomic E-state index is 11.7. The summed E-state index contributed by atoms with van der Waals surface area (Å²) in [5, 5.41) is 31.2. The van der Waals surface area contributed by atoms with Gasteiger partial charge in [-0.3, -0.25) is 0 Å². The zero-order chi connectivity index (χ0) is 15.6. The molecule has 2 unspecified atom stereocenters. The molecule has 0 bridgehead atoms. The van der Waals surface area contributed by atoms with Crippen molar-refractivity contribution in [1.29, 1.82) is 0 Å². The number of aliphatic hydroxyl groups is 3. The van der Waals surface area contributed by atoms with Crippen LogP contribution < -0.4 is 11.1 Å². The molecule has 2 rings (SSSR count). The topological polar surface area (TPSA) is 160 Å². The van der Waals surface area contributed by atoms with E-state index in [-0.39, 0.29) is 17.2 Å². The van der Waals surface area contributed by atoms with Gasteiger partial charge in [-0.05, 0) is 0 Å². The highest BCUT2D eigenvalue weighted by Crippen LogP contribution is 2.25. The van der Waals surface area contributed by atoms with Crippen molar-refractivity contribution in [2.24, 2.45) is 0 Å². The van der Waals surface area contributed by atoms with E-state index in [2.05, 4.69) is 20.0 Å². The first kappa shape index (κ1) is 15.4. The summed E-state index contributed by atoms with van der Waals surface area (Å²) in [7, 11) is 1.17. The first-order chi connectivity index (χ1) is 9.99. The normalized spacial score (nSPS) is 28.4. The summed E-state index contributed by atoms with van der Waals surface area (Å²) in [5.74, 6) is -0.877. The van der Waals surface area contributed by atoms with Gasteiger partial charge >= 0.3 is 5.97 Å². The number of ether oxygens (including phenoxy) is 2. The van der Waals surface area contributed by atoms with E-state index in [1.807, 2.05) is 0 Å². The van der Waals surface area contributed by atoms with Gasteiger partial charge in [0, 0.05) is 0 Å². The van der Waals surface area contributed by atoms with E-state index in [0.717, 1.165) is 6.33 Å². The lowest BCUT2D eigenvalue weighted by Gasteiger charge is -2.18. The fourth-order valence-electron chi connectivity index (χ4n) is 1.97. The zero-order valence-electron chi connectivity index (χ0n) is 11.1. The predicted octanol–water partition coefficient (Wildman–Crippen LogP) is -2.30. The molecule has 2 heterocycles. The van der Waals surface area contributed by atoms with Crippen LogP contribution in [0.3, 0.4) is 0 Å². The fraction of sp³-hybridized carbons (Fsp3) is 0.545. The molecule has 1 aromatic rings. The SMILES string of the molecule is COC(=O)c1c(N)ncnc1NC1OC(CO)[C@@H](O)[C@H]1O. The Hall–Kier alpha value is -2.01. The van der Waals surface area contributed by atoms with Crippen molar-refractivity contribution in [2.45, 2.75) is 24.5 Å². The molecule has 0 aliphatic carbocycles. The summed E-state index contributed by atoms with van der Waals surface area (Å²) < 4.78 is 9.81. The number of nitrogens with zero attached hydrogens (tertiary/aromatic N) is 2. The molecule has 1 fully saturated rings. The second-order valence-electron chi connectivity index (χ2n) is 4.38. The van der Waals surface area contributed by atoms with Crippen LogP contribution in [0, 0.1) is 0 Å².